The van der Waals surface area contributed by atoms with Gasteiger partial charge in [0, 0.05) is 18.3 Å². The number of anilines is 1. The van der Waals surface area contributed by atoms with Crippen LogP contribution in [0.5, 0.6) is 17.2 Å². The van der Waals surface area contributed by atoms with Crippen LogP contribution in [0.4, 0.5) is 5.69 Å². The van der Waals surface area contributed by atoms with E-state index in [1.54, 1.807) is 47.4 Å². The van der Waals surface area contributed by atoms with Crippen molar-refractivity contribution in [3.8, 4) is 17.2 Å². The van der Waals surface area contributed by atoms with E-state index >= 15 is 0 Å². The number of carbonyl (C=O) groups excluding carboxylic acids is 2. The SMILES string of the molecule is CCCCN(C(=O)C1=COc2cc(OC(=O)c3ccccc3)ccc2O1)c1ccccc1. The summed E-state index contributed by atoms with van der Waals surface area (Å²) in [4.78, 5) is 27.1. The molecule has 6 heteroatoms. The van der Waals surface area contributed by atoms with Gasteiger partial charge in [0.2, 0.25) is 5.76 Å². The molecule has 162 valence electrons. The molecule has 0 aromatic heterocycles. The molecule has 1 amide bonds. The van der Waals surface area contributed by atoms with Gasteiger partial charge in [-0.25, -0.2) is 4.79 Å². The Bertz CT molecular complexity index is 1130. The van der Waals surface area contributed by atoms with Crippen LogP contribution < -0.4 is 19.1 Å². The minimum Gasteiger partial charge on any atom is -0.457 e. The molecule has 0 atom stereocenters. The standard InChI is InChI=1S/C26H23NO5/c1-2-3-16-27(20-12-8-5-9-13-20)25(28)24-18-30-23-17-21(14-15-22(23)32-24)31-26(29)19-10-6-4-7-11-19/h4-15,17-18H,2-3,16H2,1H3. The lowest BCUT2D eigenvalue weighted by molar-refractivity contribution is -0.117. The van der Waals surface area contributed by atoms with Crippen molar-refractivity contribution in [2.24, 2.45) is 0 Å². The Morgan fingerprint density at radius 3 is 2.34 bits per heavy atom. The predicted octanol–water partition coefficient (Wildman–Crippen LogP) is 5.35. The van der Waals surface area contributed by atoms with Crippen LogP contribution in [0, 0.1) is 0 Å². The van der Waals surface area contributed by atoms with Crippen LogP contribution in [0.3, 0.4) is 0 Å². The number of amides is 1. The van der Waals surface area contributed by atoms with E-state index in [1.807, 2.05) is 36.4 Å². The molecule has 6 nitrogen and oxygen atoms in total. The average Bonchev–Trinajstić information content (AvgIpc) is 2.85. The predicted molar refractivity (Wildman–Crippen MR) is 121 cm³/mol. The molecule has 0 unspecified atom stereocenters. The first-order chi connectivity index (χ1) is 15.7. The van der Waals surface area contributed by atoms with Crippen molar-refractivity contribution < 1.29 is 23.8 Å². The third kappa shape index (κ3) is 4.81. The first-order valence-corrected chi connectivity index (χ1v) is 10.5. The second kappa shape index (κ2) is 9.83. The molecule has 4 rings (SSSR count). The fourth-order valence-corrected chi connectivity index (χ4v) is 3.23. The van der Waals surface area contributed by atoms with Crippen molar-refractivity contribution in [2.45, 2.75) is 19.8 Å². The smallest absolute Gasteiger partial charge is 0.343 e. The van der Waals surface area contributed by atoms with Gasteiger partial charge in [0.1, 0.15) is 12.0 Å². The van der Waals surface area contributed by atoms with Crippen LogP contribution >= 0.6 is 0 Å². The molecule has 3 aromatic rings. The van der Waals surface area contributed by atoms with E-state index in [9.17, 15) is 9.59 Å². The maximum atomic E-state index is 13.2. The van der Waals surface area contributed by atoms with Gasteiger partial charge in [0.05, 0.1) is 5.56 Å². The Hall–Kier alpha value is -4.06. The van der Waals surface area contributed by atoms with Crippen LogP contribution in [-0.4, -0.2) is 18.4 Å². The minimum absolute atomic E-state index is 0.0893. The number of esters is 1. The van der Waals surface area contributed by atoms with Gasteiger partial charge < -0.3 is 19.1 Å². The largest absolute Gasteiger partial charge is 0.457 e. The molecule has 0 N–H and O–H groups in total. The molecule has 1 aliphatic heterocycles. The molecule has 0 fully saturated rings. The van der Waals surface area contributed by atoms with Crippen LogP contribution in [-0.2, 0) is 4.79 Å². The summed E-state index contributed by atoms with van der Waals surface area (Å²) in [5.74, 6) is 0.390. The number of fused-ring (bicyclic) bond motifs is 1. The molecule has 0 saturated carbocycles. The highest BCUT2D eigenvalue weighted by molar-refractivity contribution is 6.04. The lowest BCUT2D eigenvalue weighted by atomic mass is 10.2. The Balaban J connectivity index is 1.48. The molecule has 32 heavy (non-hydrogen) atoms. The van der Waals surface area contributed by atoms with Gasteiger partial charge in [-0.1, -0.05) is 49.7 Å². The average molecular weight is 429 g/mol. The molecular formula is C26H23NO5. The first-order valence-electron chi connectivity index (χ1n) is 10.5. The van der Waals surface area contributed by atoms with Crippen molar-refractivity contribution in [3.05, 3.63) is 96.4 Å². The van der Waals surface area contributed by atoms with Gasteiger partial charge in [0.15, 0.2) is 11.5 Å². The molecule has 0 aliphatic carbocycles. The zero-order valence-corrected chi connectivity index (χ0v) is 17.7. The lowest BCUT2D eigenvalue weighted by Gasteiger charge is -2.25. The van der Waals surface area contributed by atoms with Gasteiger partial charge in [-0.3, -0.25) is 4.79 Å². The second-order valence-corrected chi connectivity index (χ2v) is 7.21. The van der Waals surface area contributed by atoms with E-state index in [-0.39, 0.29) is 11.7 Å². The van der Waals surface area contributed by atoms with Crippen LogP contribution in [0.1, 0.15) is 30.1 Å². The van der Waals surface area contributed by atoms with Gasteiger partial charge in [-0.05, 0) is 42.8 Å². The Morgan fingerprint density at radius 2 is 1.62 bits per heavy atom. The molecule has 1 aliphatic rings. The summed E-state index contributed by atoms with van der Waals surface area (Å²) in [6, 6.07) is 22.9. The maximum absolute atomic E-state index is 13.2. The molecule has 1 heterocycles. The zero-order valence-electron chi connectivity index (χ0n) is 17.7. The molecule has 0 spiro atoms. The minimum atomic E-state index is -0.469. The molecule has 0 radical (unpaired) electrons. The normalized spacial score (nSPS) is 12.0. The van der Waals surface area contributed by atoms with E-state index in [2.05, 4.69) is 6.92 Å². The monoisotopic (exact) mass is 429 g/mol. The summed E-state index contributed by atoms with van der Waals surface area (Å²) >= 11 is 0. The van der Waals surface area contributed by atoms with Gasteiger partial charge in [0.25, 0.3) is 5.91 Å². The summed E-state index contributed by atoms with van der Waals surface area (Å²) in [6.07, 6.45) is 3.11. The maximum Gasteiger partial charge on any atom is 0.343 e. The number of ether oxygens (including phenoxy) is 3. The zero-order chi connectivity index (χ0) is 22.3. The number of hydrogen-bond donors (Lipinski definition) is 0. The van der Waals surface area contributed by atoms with Crippen LogP contribution in [0.2, 0.25) is 0 Å². The fourth-order valence-electron chi connectivity index (χ4n) is 3.23. The van der Waals surface area contributed by atoms with E-state index in [4.69, 9.17) is 14.2 Å². The fraction of sp³-hybridized carbons (Fsp3) is 0.154. The topological polar surface area (TPSA) is 65.1 Å². The summed E-state index contributed by atoms with van der Waals surface area (Å²) in [6.45, 7) is 2.65. The van der Waals surface area contributed by atoms with Crippen molar-refractivity contribution in [1.82, 2.24) is 0 Å². The highest BCUT2D eigenvalue weighted by Crippen LogP contribution is 2.36. The number of para-hydroxylation sites is 1. The van der Waals surface area contributed by atoms with Crippen molar-refractivity contribution in [2.75, 3.05) is 11.4 Å². The molecule has 3 aromatic carbocycles. The highest BCUT2D eigenvalue weighted by atomic mass is 16.6. The highest BCUT2D eigenvalue weighted by Gasteiger charge is 2.26. The van der Waals surface area contributed by atoms with E-state index < -0.39 is 5.97 Å². The van der Waals surface area contributed by atoms with Gasteiger partial charge in [-0.15, -0.1) is 0 Å². The lowest BCUT2D eigenvalue weighted by Crippen LogP contribution is -2.35. The first kappa shape index (κ1) is 21.2. The van der Waals surface area contributed by atoms with Crippen LogP contribution in [0.25, 0.3) is 0 Å². The molecular weight excluding hydrogens is 406 g/mol. The summed E-state index contributed by atoms with van der Waals surface area (Å²) in [7, 11) is 0. The number of nitrogens with zero attached hydrogens (tertiary/aromatic N) is 1. The summed E-state index contributed by atoms with van der Waals surface area (Å²) in [5.41, 5.74) is 1.24. The van der Waals surface area contributed by atoms with Crippen molar-refractivity contribution in [3.63, 3.8) is 0 Å². The summed E-state index contributed by atoms with van der Waals surface area (Å²) < 4.78 is 16.9. The van der Waals surface area contributed by atoms with Gasteiger partial charge in [-0.2, -0.15) is 0 Å². The Labute approximate surface area is 186 Å². The number of benzene rings is 3. The third-order valence-corrected chi connectivity index (χ3v) is 4.91. The molecule has 0 saturated heterocycles. The van der Waals surface area contributed by atoms with E-state index in [0.717, 1.165) is 18.5 Å². The number of hydrogen-bond acceptors (Lipinski definition) is 5. The number of unbranched alkanes of at least 4 members (excludes halogenated alkanes) is 1. The Morgan fingerprint density at radius 1 is 0.906 bits per heavy atom. The van der Waals surface area contributed by atoms with E-state index in [1.165, 1.54) is 6.26 Å². The second-order valence-electron chi connectivity index (χ2n) is 7.21. The molecule has 0 bridgehead atoms. The summed E-state index contributed by atoms with van der Waals surface area (Å²) in [5, 5.41) is 0. The van der Waals surface area contributed by atoms with Crippen molar-refractivity contribution >= 4 is 17.6 Å². The number of rotatable bonds is 7. The van der Waals surface area contributed by atoms with Crippen molar-refractivity contribution in [1.29, 1.82) is 0 Å². The number of carbonyl (C=O) groups is 2. The quantitative estimate of drug-likeness (QED) is 0.374. The third-order valence-electron chi connectivity index (χ3n) is 4.91. The van der Waals surface area contributed by atoms with Gasteiger partial charge >= 0.3 is 5.97 Å². The van der Waals surface area contributed by atoms with Crippen LogP contribution in [0.15, 0.2) is 90.9 Å². The van der Waals surface area contributed by atoms with E-state index in [0.29, 0.717) is 29.4 Å². The Kier molecular flexibility index (Phi) is 6.51.